The van der Waals surface area contributed by atoms with Gasteiger partial charge in [0.25, 0.3) is 5.56 Å². The molecule has 1 atom stereocenters. The van der Waals surface area contributed by atoms with Crippen molar-refractivity contribution in [3.05, 3.63) is 64.2 Å². The number of hydrogen-bond acceptors (Lipinski definition) is 6. The monoisotopic (exact) mass is 462 g/mol. The zero-order valence-corrected chi connectivity index (χ0v) is 19.8. The van der Waals surface area contributed by atoms with Crippen LogP contribution in [0.3, 0.4) is 0 Å². The minimum atomic E-state index is -1.06. The number of hydrogen-bond donors (Lipinski definition) is 1. The lowest BCUT2D eigenvalue weighted by molar-refractivity contribution is -0.144. The third-order valence-electron chi connectivity index (χ3n) is 6.23. The third-order valence-corrected chi connectivity index (χ3v) is 6.23. The van der Waals surface area contributed by atoms with E-state index in [4.69, 9.17) is 9.72 Å². The second-order valence-corrected chi connectivity index (χ2v) is 8.90. The molecule has 8 nitrogen and oxygen atoms in total. The van der Waals surface area contributed by atoms with Gasteiger partial charge in [-0.05, 0) is 44.0 Å². The van der Waals surface area contributed by atoms with E-state index < -0.39 is 12.1 Å². The summed E-state index contributed by atoms with van der Waals surface area (Å²) in [7, 11) is 3.79. The number of rotatable bonds is 7. The van der Waals surface area contributed by atoms with Gasteiger partial charge in [-0.1, -0.05) is 31.4 Å². The van der Waals surface area contributed by atoms with Crippen molar-refractivity contribution < 1.29 is 14.6 Å². The molecule has 178 valence electrons. The SMILES string of the molecule is C[C@H](Oc1cc(N(C)C)ccc1C=Nn1c(C2CCCCC2)nc2ccccc2c1=O)C(=O)O. The number of carbonyl (C=O) groups is 1. The molecule has 34 heavy (non-hydrogen) atoms. The first-order valence-electron chi connectivity index (χ1n) is 11.6. The van der Waals surface area contributed by atoms with Gasteiger partial charge in [-0.2, -0.15) is 9.78 Å². The lowest BCUT2D eigenvalue weighted by atomic mass is 9.88. The molecule has 0 saturated heterocycles. The van der Waals surface area contributed by atoms with Gasteiger partial charge in [0.15, 0.2) is 6.10 Å². The van der Waals surface area contributed by atoms with E-state index >= 15 is 0 Å². The number of aliphatic carboxylic acids is 1. The quantitative estimate of drug-likeness (QED) is 0.528. The number of benzene rings is 2. The average molecular weight is 463 g/mol. The molecule has 0 radical (unpaired) electrons. The molecule has 0 aliphatic heterocycles. The van der Waals surface area contributed by atoms with Gasteiger partial charge in [0.2, 0.25) is 0 Å². The van der Waals surface area contributed by atoms with Crippen molar-refractivity contribution in [2.75, 3.05) is 19.0 Å². The van der Waals surface area contributed by atoms with Crippen LogP contribution in [0.25, 0.3) is 10.9 Å². The Morgan fingerprint density at radius 3 is 2.65 bits per heavy atom. The van der Waals surface area contributed by atoms with E-state index in [2.05, 4.69) is 5.10 Å². The Labute approximate surface area is 198 Å². The van der Waals surface area contributed by atoms with E-state index in [-0.39, 0.29) is 11.5 Å². The minimum absolute atomic E-state index is 0.169. The molecule has 8 heteroatoms. The van der Waals surface area contributed by atoms with Crippen LogP contribution in [0.4, 0.5) is 5.69 Å². The maximum atomic E-state index is 13.4. The number of nitrogens with zero attached hydrogens (tertiary/aromatic N) is 4. The summed E-state index contributed by atoms with van der Waals surface area (Å²) >= 11 is 0. The Kier molecular flexibility index (Phi) is 6.95. The molecule has 0 bridgehead atoms. The lowest BCUT2D eigenvalue weighted by Gasteiger charge is -2.23. The fourth-order valence-electron chi connectivity index (χ4n) is 4.25. The molecule has 2 aromatic carbocycles. The van der Waals surface area contributed by atoms with Crippen LogP contribution < -0.4 is 15.2 Å². The summed E-state index contributed by atoms with van der Waals surface area (Å²) in [6.45, 7) is 1.48. The maximum absolute atomic E-state index is 13.4. The molecule has 1 heterocycles. The number of anilines is 1. The molecule has 0 amide bonds. The molecular formula is C26H30N4O4. The van der Waals surface area contributed by atoms with Crippen LogP contribution in [0, 0.1) is 0 Å². The van der Waals surface area contributed by atoms with Gasteiger partial charge >= 0.3 is 5.97 Å². The summed E-state index contributed by atoms with van der Waals surface area (Å²) in [5, 5.41) is 14.4. The summed E-state index contributed by atoms with van der Waals surface area (Å²) < 4.78 is 7.12. The highest BCUT2D eigenvalue weighted by molar-refractivity contribution is 5.85. The van der Waals surface area contributed by atoms with Gasteiger partial charge in [-0.25, -0.2) is 9.78 Å². The lowest BCUT2D eigenvalue weighted by Crippen LogP contribution is -2.25. The van der Waals surface area contributed by atoms with Crippen molar-refractivity contribution in [2.45, 2.75) is 51.0 Å². The standard InChI is InChI=1S/C26H30N4O4/c1-17(26(32)33)34-23-15-20(29(2)3)14-13-19(23)16-27-30-24(18-9-5-4-6-10-18)28-22-12-8-7-11-21(22)25(30)31/h7-8,11-18H,4-6,9-10H2,1-3H3,(H,32,33)/t17-/m0/s1. The van der Waals surface area contributed by atoms with E-state index in [1.165, 1.54) is 18.0 Å². The minimum Gasteiger partial charge on any atom is -0.479 e. The van der Waals surface area contributed by atoms with Crippen LogP contribution in [-0.2, 0) is 4.79 Å². The molecule has 1 saturated carbocycles. The number of carboxylic acid groups (broad SMARTS) is 1. The van der Waals surface area contributed by atoms with Crippen LogP contribution in [0.15, 0.2) is 52.4 Å². The molecule has 0 spiro atoms. The van der Waals surface area contributed by atoms with E-state index in [9.17, 15) is 14.7 Å². The molecule has 1 aliphatic rings. The van der Waals surface area contributed by atoms with E-state index in [1.807, 2.05) is 49.3 Å². The third kappa shape index (κ3) is 4.95. The number of carboxylic acids is 1. The summed E-state index contributed by atoms with van der Waals surface area (Å²) in [6, 6.07) is 12.8. The van der Waals surface area contributed by atoms with Crippen molar-refractivity contribution in [2.24, 2.45) is 5.10 Å². The average Bonchev–Trinajstić information content (AvgIpc) is 2.84. The molecule has 1 aromatic heterocycles. The molecule has 1 N–H and O–H groups in total. The Bertz CT molecular complexity index is 1280. The van der Waals surface area contributed by atoms with Gasteiger partial charge in [0.05, 0.1) is 17.1 Å². The number of ether oxygens (including phenoxy) is 1. The molecule has 4 rings (SSSR count). The first-order chi connectivity index (χ1) is 16.3. The highest BCUT2D eigenvalue weighted by atomic mass is 16.5. The Hall–Kier alpha value is -3.68. The fourth-order valence-corrected chi connectivity index (χ4v) is 4.25. The highest BCUT2D eigenvalue weighted by Crippen LogP contribution is 2.32. The van der Waals surface area contributed by atoms with Crippen molar-refractivity contribution in [1.82, 2.24) is 9.66 Å². The van der Waals surface area contributed by atoms with Crippen LogP contribution in [0.2, 0.25) is 0 Å². The largest absolute Gasteiger partial charge is 0.479 e. The maximum Gasteiger partial charge on any atom is 0.344 e. The zero-order valence-electron chi connectivity index (χ0n) is 19.8. The fraction of sp³-hybridized carbons (Fsp3) is 0.385. The zero-order chi connectivity index (χ0) is 24.2. The van der Waals surface area contributed by atoms with Crippen LogP contribution >= 0.6 is 0 Å². The van der Waals surface area contributed by atoms with Crippen LogP contribution in [0.5, 0.6) is 5.75 Å². The van der Waals surface area contributed by atoms with E-state index in [1.54, 1.807) is 18.3 Å². The first-order valence-corrected chi connectivity index (χ1v) is 11.6. The normalized spacial score (nSPS) is 15.5. The van der Waals surface area contributed by atoms with Crippen molar-refractivity contribution in [3.8, 4) is 5.75 Å². The Balaban J connectivity index is 1.81. The van der Waals surface area contributed by atoms with Gasteiger partial charge in [-0.15, -0.1) is 0 Å². The van der Waals surface area contributed by atoms with E-state index in [0.717, 1.165) is 31.4 Å². The Morgan fingerprint density at radius 1 is 1.21 bits per heavy atom. The van der Waals surface area contributed by atoms with Crippen LogP contribution in [0.1, 0.15) is 56.3 Å². The first kappa shape index (κ1) is 23.5. The van der Waals surface area contributed by atoms with Crippen LogP contribution in [-0.4, -0.2) is 47.1 Å². The van der Waals surface area contributed by atoms with Crippen molar-refractivity contribution in [1.29, 1.82) is 0 Å². The number of para-hydroxylation sites is 1. The summed E-state index contributed by atoms with van der Waals surface area (Å²) in [4.78, 5) is 31.5. The topological polar surface area (TPSA) is 97.0 Å². The van der Waals surface area contributed by atoms with Crippen molar-refractivity contribution in [3.63, 3.8) is 0 Å². The second kappa shape index (κ2) is 10.1. The molecule has 1 aliphatic carbocycles. The summed E-state index contributed by atoms with van der Waals surface area (Å²) in [5.41, 5.74) is 1.90. The van der Waals surface area contributed by atoms with Gasteiger partial charge in [-0.3, -0.25) is 4.79 Å². The predicted octanol–water partition coefficient (Wildman–Crippen LogP) is 4.24. The van der Waals surface area contributed by atoms with Gasteiger partial charge < -0.3 is 14.7 Å². The van der Waals surface area contributed by atoms with Gasteiger partial charge in [0, 0.05) is 37.3 Å². The molecular weight excluding hydrogens is 432 g/mol. The summed E-state index contributed by atoms with van der Waals surface area (Å²) in [5.74, 6) is 0.159. The number of fused-ring (bicyclic) bond motifs is 1. The van der Waals surface area contributed by atoms with Crippen molar-refractivity contribution >= 4 is 28.8 Å². The second-order valence-electron chi connectivity index (χ2n) is 8.90. The number of aromatic nitrogens is 2. The highest BCUT2D eigenvalue weighted by Gasteiger charge is 2.22. The molecule has 0 unspecified atom stereocenters. The molecule has 1 fully saturated rings. The Morgan fingerprint density at radius 2 is 1.94 bits per heavy atom. The smallest absolute Gasteiger partial charge is 0.344 e. The predicted molar refractivity (Wildman–Crippen MR) is 133 cm³/mol. The molecule has 3 aromatic rings. The summed E-state index contributed by atoms with van der Waals surface area (Å²) in [6.07, 6.45) is 5.87. The van der Waals surface area contributed by atoms with Gasteiger partial charge in [0.1, 0.15) is 11.6 Å². The van der Waals surface area contributed by atoms with E-state index in [0.29, 0.717) is 28.0 Å².